The highest BCUT2D eigenvalue weighted by molar-refractivity contribution is 5.84. The van der Waals surface area contributed by atoms with Crippen LogP contribution in [-0.4, -0.2) is 13.3 Å². The Morgan fingerprint density at radius 3 is 2.57 bits per heavy atom. The fourth-order valence-electron chi connectivity index (χ4n) is 0.984. The maximum Gasteiger partial charge on any atom is 0.0384 e. The molecule has 0 fully saturated rings. The Labute approximate surface area is 85.2 Å². The monoisotopic (exact) mass is 183 g/mol. The zero-order valence-corrected chi connectivity index (χ0v) is 8.49. The molecule has 0 radical (unpaired) electrons. The molecule has 0 aliphatic heterocycles. The lowest BCUT2D eigenvalue weighted by atomic mass is 10.2. The van der Waals surface area contributed by atoms with Crippen LogP contribution in [0.3, 0.4) is 0 Å². The molecule has 0 N–H and O–H groups in total. The van der Waals surface area contributed by atoms with Crippen LogP contribution in [-0.2, 0) is 0 Å². The summed E-state index contributed by atoms with van der Waals surface area (Å²) in [5.74, 6) is 6.12. The molecule has 1 aromatic carbocycles. The van der Waals surface area contributed by atoms with Crippen LogP contribution < -0.4 is 0 Å². The summed E-state index contributed by atoms with van der Waals surface area (Å²) in [5.41, 5.74) is 1.97. The summed E-state index contributed by atoms with van der Waals surface area (Å²) in [6, 6.07) is 9.92. The minimum Gasteiger partial charge on any atom is -0.295 e. The summed E-state index contributed by atoms with van der Waals surface area (Å²) in [7, 11) is 1.74. The minimum absolute atomic E-state index is 0.941. The van der Waals surface area contributed by atoms with Gasteiger partial charge in [-0.15, -0.1) is 0 Å². The van der Waals surface area contributed by atoms with Crippen molar-refractivity contribution in [2.75, 3.05) is 7.05 Å². The van der Waals surface area contributed by atoms with Gasteiger partial charge in [-0.3, -0.25) is 4.99 Å². The highest BCUT2D eigenvalue weighted by Gasteiger charge is 1.84. The van der Waals surface area contributed by atoms with E-state index in [1.54, 1.807) is 13.3 Å². The molecule has 14 heavy (non-hydrogen) atoms. The molecule has 1 nitrogen and oxygen atoms in total. The van der Waals surface area contributed by atoms with E-state index in [1.807, 2.05) is 43.3 Å². The van der Waals surface area contributed by atoms with E-state index in [2.05, 4.69) is 16.8 Å². The van der Waals surface area contributed by atoms with Crippen molar-refractivity contribution >= 4 is 6.21 Å². The first-order valence-electron chi connectivity index (χ1n) is 4.52. The third-order valence-electron chi connectivity index (χ3n) is 1.70. The van der Waals surface area contributed by atoms with Crippen molar-refractivity contribution in [2.45, 2.75) is 6.92 Å². The SMILES string of the molecule is C/C=C(/C#Cc1ccccc1)C=NC. The van der Waals surface area contributed by atoms with Gasteiger partial charge in [-0.2, -0.15) is 0 Å². The Hall–Kier alpha value is -1.81. The van der Waals surface area contributed by atoms with Gasteiger partial charge >= 0.3 is 0 Å². The summed E-state index contributed by atoms with van der Waals surface area (Å²) >= 11 is 0. The first-order chi connectivity index (χ1) is 6.86. The van der Waals surface area contributed by atoms with Crippen molar-refractivity contribution < 1.29 is 0 Å². The minimum atomic E-state index is 0.941. The van der Waals surface area contributed by atoms with Crippen molar-refractivity contribution in [1.82, 2.24) is 0 Å². The molecule has 0 bridgehead atoms. The molecular weight excluding hydrogens is 170 g/mol. The molecule has 0 atom stereocenters. The Morgan fingerprint density at radius 2 is 2.00 bits per heavy atom. The Kier molecular flexibility index (Phi) is 4.23. The zero-order chi connectivity index (χ0) is 10.2. The van der Waals surface area contributed by atoms with Gasteiger partial charge in [-0.25, -0.2) is 0 Å². The highest BCUT2D eigenvalue weighted by Crippen LogP contribution is 1.96. The second-order valence-electron chi connectivity index (χ2n) is 2.75. The van der Waals surface area contributed by atoms with Crippen LogP contribution in [0.5, 0.6) is 0 Å². The lowest BCUT2D eigenvalue weighted by molar-refractivity contribution is 1.46. The van der Waals surface area contributed by atoms with E-state index < -0.39 is 0 Å². The molecule has 0 saturated heterocycles. The lowest BCUT2D eigenvalue weighted by Gasteiger charge is -1.87. The Balaban J connectivity index is 2.82. The van der Waals surface area contributed by atoms with E-state index >= 15 is 0 Å². The molecular formula is C13H13N. The van der Waals surface area contributed by atoms with Crippen molar-refractivity contribution in [1.29, 1.82) is 0 Å². The van der Waals surface area contributed by atoms with Crippen molar-refractivity contribution in [3.63, 3.8) is 0 Å². The van der Waals surface area contributed by atoms with Gasteiger partial charge in [0.2, 0.25) is 0 Å². The van der Waals surface area contributed by atoms with Gasteiger partial charge in [0, 0.05) is 24.4 Å². The molecule has 0 heterocycles. The molecule has 1 rings (SSSR count). The highest BCUT2D eigenvalue weighted by atomic mass is 14.6. The lowest BCUT2D eigenvalue weighted by Crippen LogP contribution is -1.79. The smallest absolute Gasteiger partial charge is 0.0384 e. The number of hydrogen-bond donors (Lipinski definition) is 0. The van der Waals surface area contributed by atoms with Gasteiger partial charge in [0.1, 0.15) is 0 Å². The van der Waals surface area contributed by atoms with Crippen LogP contribution >= 0.6 is 0 Å². The van der Waals surface area contributed by atoms with Gasteiger partial charge in [0.25, 0.3) is 0 Å². The average Bonchev–Trinajstić information content (AvgIpc) is 2.25. The fraction of sp³-hybridized carbons (Fsp3) is 0.154. The number of rotatable bonds is 1. The second kappa shape index (κ2) is 5.77. The van der Waals surface area contributed by atoms with Crippen LogP contribution in [0.25, 0.3) is 0 Å². The van der Waals surface area contributed by atoms with Crippen molar-refractivity contribution in [3.05, 3.63) is 47.5 Å². The maximum atomic E-state index is 3.92. The standard InChI is InChI=1S/C13H13N/c1-3-12(11-14-2)9-10-13-7-5-4-6-8-13/h3-8,11H,1-2H3/b12-3-,14-11?. The van der Waals surface area contributed by atoms with E-state index in [1.165, 1.54) is 0 Å². The van der Waals surface area contributed by atoms with E-state index in [0.717, 1.165) is 11.1 Å². The number of hydrogen-bond acceptors (Lipinski definition) is 1. The van der Waals surface area contributed by atoms with Gasteiger partial charge in [-0.05, 0) is 19.1 Å². The summed E-state index contributed by atoms with van der Waals surface area (Å²) in [6.45, 7) is 1.96. The van der Waals surface area contributed by atoms with Gasteiger partial charge < -0.3 is 0 Å². The van der Waals surface area contributed by atoms with Crippen molar-refractivity contribution in [2.24, 2.45) is 4.99 Å². The van der Waals surface area contributed by atoms with E-state index in [-0.39, 0.29) is 0 Å². The van der Waals surface area contributed by atoms with E-state index in [0.29, 0.717) is 0 Å². The van der Waals surface area contributed by atoms with Crippen LogP contribution in [0.15, 0.2) is 47.0 Å². The largest absolute Gasteiger partial charge is 0.295 e. The van der Waals surface area contributed by atoms with E-state index in [4.69, 9.17) is 0 Å². The predicted octanol–water partition coefficient (Wildman–Crippen LogP) is 2.69. The molecule has 1 heteroatoms. The number of aliphatic imine (C=N–C) groups is 1. The quantitative estimate of drug-likeness (QED) is 0.469. The summed E-state index contributed by atoms with van der Waals surface area (Å²) in [5, 5.41) is 0. The van der Waals surface area contributed by atoms with Gasteiger partial charge in [0.15, 0.2) is 0 Å². The molecule has 0 aliphatic rings. The molecule has 0 unspecified atom stereocenters. The van der Waals surface area contributed by atoms with Crippen molar-refractivity contribution in [3.8, 4) is 11.8 Å². The summed E-state index contributed by atoms with van der Waals surface area (Å²) in [4.78, 5) is 3.92. The zero-order valence-electron chi connectivity index (χ0n) is 8.49. The van der Waals surface area contributed by atoms with Gasteiger partial charge in [-0.1, -0.05) is 36.1 Å². The average molecular weight is 183 g/mol. The van der Waals surface area contributed by atoms with Gasteiger partial charge in [0.05, 0.1) is 0 Å². The third kappa shape index (κ3) is 3.28. The van der Waals surface area contributed by atoms with Crippen LogP contribution in [0.2, 0.25) is 0 Å². The summed E-state index contributed by atoms with van der Waals surface area (Å²) in [6.07, 6.45) is 3.71. The molecule has 1 aromatic rings. The summed E-state index contributed by atoms with van der Waals surface area (Å²) < 4.78 is 0. The first kappa shape index (κ1) is 10.3. The number of allylic oxidation sites excluding steroid dienone is 2. The fourth-order valence-corrected chi connectivity index (χ4v) is 0.984. The molecule has 0 aromatic heterocycles. The van der Waals surface area contributed by atoms with Crippen LogP contribution in [0, 0.1) is 11.8 Å². The molecule has 0 spiro atoms. The predicted molar refractivity (Wildman–Crippen MR) is 61.5 cm³/mol. The number of nitrogens with zero attached hydrogens (tertiary/aromatic N) is 1. The third-order valence-corrected chi connectivity index (χ3v) is 1.70. The maximum absolute atomic E-state index is 3.92. The topological polar surface area (TPSA) is 12.4 Å². The first-order valence-corrected chi connectivity index (χ1v) is 4.52. The van der Waals surface area contributed by atoms with Crippen LogP contribution in [0.1, 0.15) is 12.5 Å². The molecule has 0 saturated carbocycles. The molecule has 0 amide bonds. The molecule has 70 valence electrons. The normalized spacial score (nSPS) is 11.1. The Bertz CT molecular complexity index is 388. The number of benzene rings is 1. The second-order valence-corrected chi connectivity index (χ2v) is 2.75. The Morgan fingerprint density at radius 1 is 1.29 bits per heavy atom. The molecule has 0 aliphatic carbocycles. The van der Waals surface area contributed by atoms with E-state index in [9.17, 15) is 0 Å². The van der Waals surface area contributed by atoms with Crippen LogP contribution in [0.4, 0.5) is 0 Å².